The predicted octanol–water partition coefficient (Wildman–Crippen LogP) is 25.0. The maximum Gasteiger partial charge on any atom is 0.305 e. The summed E-state index contributed by atoms with van der Waals surface area (Å²) < 4.78 is 5.50. The molecule has 1 amide bonds. The van der Waals surface area contributed by atoms with Crippen molar-refractivity contribution < 1.29 is 24.5 Å². The molecule has 0 fully saturated rings. The van der Waals surface area contributed by atoms with E-state index in [0.717, 1.165) is 57.8 Å². The highest BCUT2D eigenvalue weighted by Crippen LogP contribution is 2.18. The van der Waals surface area contributed by atoms with E-state index in [1.165, 1.54) is 321 Å². The molecule has 2 atom stereocenters. The number of carbonyl (C=O) groups is 2. The van der Waals surface area contributed by atoms with Crippen molar-refractivity contribution >= 4 is 11.9 Å². The second-order valence-electron chi connectivity index (χ2n) is 26.0. The van der Waals surface area contributed by atoms with Gasteiger partial charge in [-0.2, -0.15) is 0 Å². The summed E-state index contributed by atoms with van der Waals surface area (Å²) >= 11 is 0. The summed E-state index contributed by atoms with van der Waals surface area (Å²) in [7, 11) is 0. The minimum atomic E-state index is -0.846. The molecule has 3 N–H and O–H groups in total. The molecule has 0 saturated heterocycles. The van der Waals surface area contributed by atoms with Gasteiger partial charge in [0.1, 0.15) is 0 Å². The monoisotopic (exact) mass is 1190 g/mol. The fourth-order valence-corrected chi connectivity index (χ4v) is 11.7. The number of hydrogen-bond acceptors (Lipinski definition) is 5. The maximum atomic E-state index is 12.5. The number of carbonyl (C=O) groups excluding carboxylic acids is 2. The van der Waals surface area contributed by atoms with Crippen LogP contribution in [0.1, 0.15) is 406 Å². The first-order chi connectivity index (χ1) is 42.0. The second-order valence-corrected chi connectivity index (χ2v) is 26.0. The van der Waals surface area contributed by atoms with E-state index in [1.54, 1.807) is 6.08 Å². The first kappa shape index (κ1) is 82.6. The number of unbranched alkanes of at least 4 members (excludes halogenated alkanes) is 52. The van der Waals surface area contributed by atoms with E-state index in [1.807, 2.05) is 6.08 Å². The molecule has 0 heterocycles. The quantitative estimate of drug-likeness (QED) is 0.0320. The molecule has 0 rings (SSSR count). The molecule has 0 spiro atoms. The summed E-state index contributed by atoms with van der Waals surface area (Å²) in [6.07, 6.45) is 98.9. The van der Waals surface area contributed by atoms with E-state index in [2.05, 4.69) is 67.8 Å². The fraction of sp³-hybridized carbons (Fsp3) is 0.848. The van der Waals surface area contributed by atoms with Crippen molar-refractivity contribution in [1.29, 1.82) is 0 Å². The molecule has 0 aromatic heterocycles. The number of rotatable bonds is 71. The SMILES string of the molecule is CCCCCC/C=C\C/C=C\CCCCCCCCCC(=O)OCCCCCCCCCCC/C=C\C/C=C\CCCCCCCCCCCCCCCCCC(=O)NC(CO)C(O)/C=C/CCCCCCCCCCCCCCCCCCC. The minimum Gasteiger partial charge on any atom is -0.466 e. The summed E-state index contributed by atoms with van der Waals surface area (Å²) in [6.45, 7) is 4.91. The lowest BCUT2D eigenvalue weighted by atomic mass is 10.0. The van der Waals surface area contributed by atoms with Gasteiger partial charge in [-0.1, -0.05) is 357 Å². The number of amides is 1. The molecule has 0 radical (unpaired) electrons. The lowest BCUT2D eigenvalue weighted by Gasteiger charge is -2.20. The first-order valence-corrected chi connectivity index (χ1v) is 38.1. The highest BCUT2D eigenvalue weighted by Gasteiger charge is 2.18. The van der Waals surface area contributed by atoms with Crippen molar-refractivity contribution in [2.45, 2.75) is 418 Å². The summed E-state index contributed by atoms with van der Waals surface area (Å²) in [6, 6.07) is -0.629. The van der Waals surface area contributed by atoms with Gasteiger partial charge in [0.25, 0.3) is 0 Å². The Labute approximate surface area is 530 Å². The number of aliphatic hydroxyl groups excluding tert-OH is 2. The van der Waals surface area contributed by atoms with Crippen LogP contribution in [0.25, 0.3) is 0 Å². The molecule has 498 valence electrons. The third-order valence-corrected chi connectivity index (χ3v) is 17.5. The molecule has 85 heavy (non-hydrogen) atoms. The van der Waals surface area contributed by atoms with Crippen molar-refractivity contribution in [3.05, 3.63) is 60.8 Å². The van der Waals surface area contributed by atoms with Gasteiger partial charge in [-0.15, -0.1) is 0 Å². The van der Waals surface area contributed by atoms with Crippen molar-refractivity contribution in [2.24, 2.45) is 0 Å². The zero-order chi connectivity index (χ0) is 61.3. The molecule has 0 aromatic rings. The second kappa shape index (κ2) is 74.0. The Morgan fingerprint density at radius 1 is 0.329 bits per heavy atom. The molecule has 0 aliphatic heterocycles. The van der Waals surface area contributed by atoms with Crippen LogP contribution < -0.4 is 5.32 Å². The topological polar surface area (TPSA) is 95.9 Å². The van der Waals surface area contributed by atoms with E-state index in [9.17, 15) is 19.8 Å². The average Bonchev–Trinajstić information content (AvgIpc) is 3.51. The van der Waals surface area contributed by atoms with E-state index in [0.29, 0.717) is 19.4 Å². The van der Waals surface area contributed by atoms with Gasteiger partial charge < -0.3 is 20.3 Å². The summed E-state index contributed by atoms with van der Waals surface area (Å²) in [5, 5.41) is 23.2. The van der Waals surface area contributed by atoms with Crippen LogP contribution in [0.15, 0.2) is 60.8 Å². The standard InChI is InChI=1S/C79H147NO5/c1-3-5-7-9-11-13-15-17-19-21-36-39-43-47-51-55-59-63-67-71-77(82)76(75-81)80-78(83)72-68-64-60-56-52-48-44-40-37-34-32-30-28-26-24-23-25-27-29-31-33-35-38-42-46-50-54-58-62-66-70-74-85-79(84)73-69-65-61-57-53-49-45-41-22-20-18-16-14-12-10-8-6-4-2/h14,16,20,22,25,27,31,33,67,71,76-77,81-82H,3-13,15,17-19,21,23-24,26,28-30,32,34-66,68-70,72-75H2,1-2H3,(H,80,83)/b16-14-,22-20-,27-25-,33-31-,71-67+. The lowest BCUT2D eigenvalue weighted by molar-refractivity contribution is -0.143. The van der Waals surface area contributed by atoms with Gasteiger partial charge in [-0.25, -0.2) is 0 Å². The molecule has 2 unspecified atom stereocenters. The highest BCUT2D eigenvalue weighted by atomic mass is 16.5. The van der Waals surface area contributed by atoms with Crippen LogP contribution in [-0.2, 0) is 14.3 Å². The molecule has 6 heteroatoms. The van der Waals surface area contributed by atoms with Gasteiger partial charge in [0.2, 0.25) is 5.91 Å². The van der Waals surface area contributed by atoms with Crippen LogP contribution in [0.4, 0.5) is 0 Å². The Morgan fingerprint density at radius 2 is 0.588 bits per heavy atom. The number of nitrogens with one attached hydrogen (secondary N) is 1. The maximum absolute atomic E-state index is 12.5. The summed E-state index contributed by atoms with van der Waals surface area (Å²) in [5.41, 5.74) is 0. The van der Waals surface area contributed by atoms with Crippen molar-refractivity contribution in [3.8, 4) is 0 Å². The minimum absolute atomic E-state index is 0.00566. The molecule has 0 aromatic carbocycles. The van der Waals surface area contributed by atoms with Crippen LogP contribution in [0.3, 0.4) is 0 Å². The summed E-state index contributed by atoms with van der Waals surface area (Å²) in [4.78, 5) is 24.6. The normalized spacial score (nSPS) is 12.8. The van der Waals surface area contributed by atoms with E-state index >= 15 is 0 Å². The molecule has 0 bridgehead atoms. The Morgan fingerprint density at radius 3 is 0.906 bits per heavy atom. The molecule has 0 aliphatic carbocycles. The van der Waals surface area contributed by atoms with E-state index < -0.39 is 12.1 Å². The van der Waals surface area contributed by atoms with Gasteiger partial charge >= 0.3 is 5.97 Å². The summed E-state index contributed by atoms with van der Waals surface area (Å²) in [5.74, 6) is -0.0588. The predicted molar refractivity (Wildman–Crippen MR) is 375 cm³/mol. The largest absolute Gasteiger partial charge is 0.466 e. The van der Waals surface area contributed by atoms with Crippen molar-refractivity contribution in [1.82, 2.24) is 5.32 Å². The van der Waals surface area contributed by atoms with Crippen molar-refractivity contribution in [2.75, 3.05) is 13.2 Å². The van der Waals surface area contributed by atoms with Gasteiger partial charge in [0, 0.05) is 12.8 Å². The molecule has 0 aliphatic rings. The molecular weight excluding hydrogens is 1040 g/mol. The van der Waals surface area contributed by atoms with Gasteiger partial charge in [-0.05, 0) is 96.3 Å². The van der Waals surface area contributed by atoms with Gasteiger partial charge in [0.05, 0.1) is 25.4 Å². The first-order valence-electron chi connectivity index (χ1n) is 38.1. The highest BCUT2D eigenvalue weighted by molar-refractivity contribution is 5.76. The van der Waals surface area contributed by atoms with Crippen LogP contribution in [0, 0.1) is 0 Å². The van der Waals surface area contributed by atoms with Crippen molar-refractivity contribution in [3.63, 3.8) is 0 Å². The van der Waals surface area contributed by atoms with E-state index in [4.69, 9.17) is 4.74 Å². The van der Waals surface area contributed by atoms with Gasteiger partial charge in [0.15, 0.2) is 0 Å². The average molecular weight is 1190 g/mol. The number of aliphatic hydroxyl groups is 2. The Hall–Kier alpha value is -2.44. The number of hydrogen-bond donors (Lipinski definition) is 3. The van der Waals surface area contributed by atoms with Crippen LogP contribution in [0.5, 0.6) is 0 Å². The third kappa shape index (κ3) is 70.5. The third-order valence-electron chi connectivity index (χ3n) is 17.5. The fourth-order valence-electron chi connectivity index (χ4n) is 11.7. The Balaban J connectivity index is 3.41. The number of allylic oxidation sites excluding steroid dienone is 9. The Kier molecular flexibility index (Phi) is 71.9. The zero-order valence-electron chi connectivity index (χ0n) is 57.1. The Bertz CT molecular complexity index is 1470. The number of ether oxygens (including phenoxy) is 1. The molecule has 0 saturated carbocycles. The molecule has 6 nitrogen and oxygen atoms in total. The van der Waals surface area contributed by atoms with Crippen LogP contribution in [0.2, 0.25) is 0 Å². The molecular formula is C79H147NO5. The van der Waals surface area contributed by atoms with Crippen LogP contribution in [-0.4, -0.2) is 47.4 Å². The van der Waals surface area contributed by atoms with E-state index in [-0.39, 0.29) is 18.5 Å². The lowest BCUT2D eigenvalue weighted by Crippen LogP contribution is -2.45. The number of esters is 1. The smallest absolute Gasteiger partial charge is 0.305 e. The van der Waals surface area contributed by atoms with Crippen LogP contribution >= 0.6 is 0 Å². The zero-order valence-corrected chi connectivity index (χ0v) is 57.1. The van der Waals surface area contributed by atoms with Gasteiger partial charge in [-0.3, -0.25) is 9.59 Å².